The van der Waals surface area contributed by atoms with Gasteiger partial charge in [-0.1, -0.05) is 6.07 Å². The summed E-state index contributed by atoms with van der Waals surface area (Å²) in [6, 6.07) is 6.07. The number of phenolic OH excluding ortho intramolecular Hbond substituents is 1. The zero-order valence-corrected chi connectivity index (χ0v) is 8.45. The van der Waals surface area contributed by atoms with E-state index in [4.69, 9.17) is 0 Å². The Morgan fingerprint density at radius 2 is 2.20 bits per heavy atom. The molecule has 6 heteroatoms. The summed E-state index contributed by atoms with van der Waals surface area (Å²) in [6.45, 7) is 0.0408. The molecule has 0 saturated carbocycles. The van der Waals surface area contributed by atoms with Gasteiger partial charge in [-0.15, -0.1) is 0 Å². The largest absolute Gasteiger partial charge is 0.508 e. The van der Waals surface area contributed by atoms with E-state index in [0.29, 0.717) is 4.90 Å². The minimum absolute atomic E-state index is 0.0408. The van der Waals surface area contributed by atoms with Crippen LogP contribution in [-0.4, -0.2) is 27.9 Å². The van der Waals surface area contributed by atoms with Gasteiger partial charge in [0.15, 0.2) is 0 Å². The van der Waals surface area contributed by atoms with E-state index in [-0.39, 0.29) is 18.2 Å². The van der Waals surface area contributed by atoms with Gasteiger partial charge in [0.1, 0.15) is 12.3 Å². The van der Waals surface area contributed by atoms with E-state index < -0.39 is 6.03 Å². The Labute approximate surface area is 90.2 Å². The number of carbonyl (C=O) groups is 2. The van der Waals surface area contributed by atoms with Crippen LogP contribution in [0.4, 0.5) is 4.79 Å². The molecule has 0 spiro atoms. The molecule has 0 bridgehead atoms. The van der Waals surface area contributed by atoms with Gasteiger partial charge in [0, 0.05) is 4.90 Å². The van der Waals surface area contributed by atoms with Crippen molar-refractivity contribution in [2.45, 2.75) is 4.90 Å². The van der Waals surface area contributed by atoms with Gasteiger partial charge in [0.25, 0.3) is 0 Å². The Bertz CT molecular complexity index is 422. The van der Waals surface area contributed by atoms with Crippen LogP contribution >= 0.6 is 11.9 Å². The Hall–Kier alpha value is -1.69. The second-order valence-corrected chi connectivity index (χ2v) is 4.07. The molecule has 3 amide bonds. The number of nitrogens with one attached hydrogen (secondary N) is 1. The van der Waals surface area contributed by atoms with Gasteiger partial charge < -0.3 is 5.11 Å². The van der Waals surface area contributed by atoms with Crippen molar-refractivity contribution in [2.75, 3.05) is 6.54 Å². The second-order valence-electron chi connectivity index (χ2n) is 2.98. The summed E-state index contributed by atoms with van der Waals surface area (Å²) < 4.78 is 1.30. The van der Waals surface area contributed by atoms with E-state index in [9.17, 15) is 14.7 Å². The lowest BCUT2D eigenvalue weighted by atomic mass is 10.3. The van der Waals surface area contributed by atoms with Gasteiger partial charge in [0.05, 0.1) is 0 Å². The number of imide groups is 1. The summed E-state index contributed by atoms with van der Waals surface area (Å²) in [5, 5.41) is 11.4. The van der Waals surface area contributed by atoms with Crippen LogP contribution in [0.3, 0.4) is 0 Å². The van der Waals surface area contributed by atoms with E-state index in [1.165, 1.54) is 10.4 Å². The molecular weight excluding hydrogens is 216 g/mol. The van der Waals surface area contributed by atoms with Crippen LogP contribution in [-0.2, 0) is 4.79 Å². The summed E-state index contributed by atoms with van der Waals surface area (Å²) >= 11 is 1.12. The third kappa shape index (κ3) is 2.21. The molecule has 15 heavy (non-hydrogen) atoms. The molecule has 1 fully saturated rings. The molecule has 1 saturated heterocycles. The molecule has 78 valence electrons. The van der Waals surface area contributed by atoms with Crippen LogP contribution in [0.15, 0.2) is 29.2 Å². The minimum Gasteiger partial charge on any atom is -0.508 e. The number of amides is 3. The molecule has 1 heterocycles. The number of phenols is 1. The Morgan fingerprint density at radius 3 is 2.80 bits per heavy atom. The van der Waals surface area contributed by atoms with Crippen LogP contribution in [0, 0.1) is 0 Å². The summed E-state index contributed by atoms with van der Waals surface area (Å²) in [4.78, 5) is 22.8. The fourth-order valence-corrected chi connectivity index (χ4v) is 2.04. The first kappa shape index (κ1) is 9.85. The second kappa shape index (κ2) is 3.82. The molecular formula is C9H8N2O3S. The fraction of sp³-hybridized carbons (Fsp3) is 0.111. The van der Waals surface area contributed by atoms with Crippen molar-refractivity contribution in [3.63, 3.8) is 0 Å². The lowest BCUT2D eigenvalue weighted by Crippen LogP contribution is -2.22. The highest BCUT2D eigenvalue weighted by Gasteiger charge is 2.27. The van der Waals surface area contributed by atoms with Gasteiger partial charge in [-0.3, -0.25) is 14.4 Å². The predicted molar refractivity (Wildman–Crippen MR) is 54.2 cm³/mol. The summed E-state index contributed by atoms with van der Waals surface area (Å²) in [7, 11) is 0. The average molecular weight is 224 g/mol. The number of benzene rings is 1. The lowest BCUT2D eigenvalue weighted by molar-refractivity contribution is -0.118. The van der Waals surface area contributed by atoms with Crippen molar-refractivity contribution in [2.24, 2.45) is 0 Å². The topological polar surface area (TPSA) is 69.6 Å². The maximum absolute atomic E-state index is 11.2. The minimum atomic E-state index is -0.423. The van der Waals surface area contributed by atoms with Crippen molar-refractivity contribution >= 4 is 23.9 Å². The summed E-state index contributed by atoms with van der Waals surface area (Å²) in [5.74, 6) is -0.182. The van der Waals surface area contributed by atoms with E-state index in [1.807, 2.05) is 0 Å². The molecule has 0 aliphatic carbocycles. The molecule has 5 nitrogen and oxygen atoms in total. The van der Waals surface area contributed by atoms with Gasteiger partial charge in [-0.25, -0.2) is 4.79 Å². The first-order valence-corrected chi connectivity index (χ1v) is 5.01. The van der Waals surface area contributed by atoms with Gasteiger partial charge >= 0.3 is 6.03 Å². The summed E-state index contributed by atoms with van der Waals surface area (Å²) in [6.07, 6.45) is 0. The van der Waals surface area contributed by atoms with Gasteiger partial charge in [-0.2, -0.15) is 0 Å². The molecule has 0 radical (unpaired) electrons. The third-order valence-corrected chi connectivity index (χ3v) is 2.77. The number of hydrogen-bond acceptors (Lipinski definition) is 4. The van der Waals surface area contributed by atoms with Gasteiger partial charge in [-0.05, 0) is 30.1 Å². The number of urea groups is 1. The quantitative estimate of drug-likeness (QED) is 0.579. The third-order valence-electron chi connectivity index (χ3n) is 1.79. The zero-order chi connectivity index (χ0) is 10.8. The van der Waals surface area contributed by atoms with Crippen LogP contribution < -0.4 is 5.32 Å². The van der Waals surface area contributed by atoms with Crippen molar-refractivity contribution in [1.29, 1.82) is 0 Å². The normalized spacial score (nSPS) is 15.6. The van der Waals surface area contributed by atoms with E-state index >= 15 is 0 Å². The standard InChI is InChI=1S/C9H8N2O3S/c12-6-2-1-3-7(4-6)15-11-5-8(13)10-9(11)14/h1-4,12H,5H2,(H,10,13,14). The maximum atomic E-state index is 11.2. The van der Waals surface area contributed by atoms with Crippen molar-refractivity contribution in [3.8, 4) is 5.75 Å². The van der Waals surface area contributed by atoms with Crippen molar-refractivity contribution in [1.82, 2.24) is 9.62 Å². The van der Waals surface area contributed by atoms with E-state index in [2.05, 4.69) is 5.32 Å². The van der Waals surface area contributed by atoms with Crippen LogP contribution in [0.25, 0.3) is 0 Å². The highest BCUT2D eigenvalue weighted by atomic mass is 32.2. The SMILES string of the molecule is O=C1CN(Sc2cccc(O)c2)C(=O)N1. The molecule has 2 N–H and O–H groups in total. The highest BCUT2D eigenvalue weighted by Crippen LogP contribution is 2.26. The molecule has 0 aromatic heterocycles. The highest BCUT2D eigenvalue weighted by molar-refractivity contribution is 7.97. The summed E-state index contributed by atoms with van der Waals surface area (Å²) in [5.41, 5.74) is 0. The Morgan fingerprint density at radius 1 is 1.40 bits per heavy atom. The molecule has 1 aliphatic rings. The number of rotatable bonds is 2. The maximum Gasteiger partial charge on any atom is 0.334 e. The number of nitrogens with zero attached hydrogens (tertiary/aromatic N) is 1. The molecule has 0 unspecified atom stereocenters. The zero-order valence-electron chi connectivity index (χ0n) is 7.64. The van der Waals surface area contributed by atoms with Crippen LogP contribution in [0.5, 0.6) is 5.75 Å². The van der Waals surface area contributed by atoms with Crippen molar-refractivity contribution in [3.05, 3.63) is 24.3 Å². The molecule has 1 aromatic carbocycles. The predicted octanol–water partition coefficient (Wildman–Crippen LogP) is 0.951. The Kier molecular flexibility index (Phi) is 2.51. The number of carbonyl (C=O) groups excluding carboxylic acids is 2. The smallest absolute Gasteiger partial charge is 0.334 e. The fourth-order valence-electron chi connectivity index (χ4n) is 1.16. The lowest BCUT2D eigenvalue weighted by Gasteiger charge is -2.10. The molecule has 2 rings (SSSR count). The monoisotopic (exact) mass is 224 g/mol. The van der Waals surface area contributed by atoms with Crippen LogP contribution in [0.2, 0.25) is 0 Å². The molecule has 1 aromatic rings. The number of aromatic hydroxyl groups is 1. The van der Waals surface area contributed by atoms with E-state index in [0.717, 1.165) is 11.9 Å². The van der Waals surface area contributed by atoms with Crippen molar-refractivity contribution < 1.29 is 14.7 Å². The van der Waals surface area contributed by atoms with E-state index in [1.54, 1.807) is 18.2 Å². The van der Waals surface area contributed by atoms with Crippen LogP contribution in [0.1, 0.15) is 0 Å². The Balaban J connectivity index is 2.09. The first-order chi connectivity index (χ1) is 7.15. The molecule has 1 aliphatic heterocycles. The average Bonchev–Trinajstić information content (AvgIpc) is 2.45. The number of hydrogen-bond donors (Lipinski definition) is 2. The van der Waals surface area contributed by atoms with Gasteiger partial charge in [0.2, 0.25) is 5.91 Å². The molecule has 0 atom stereocenters. The first-order valence-electron chi connectivity index (χ1n) is 4.23.